The molecule has 0 bridgehead atoms. The number of rotatable bonds is 3. The quantitative estimate of drug-likeness (QED) is 0.832. The van der Waals surface area contributed by atoms with Gasteiger partial charge in [-0.3, -0.25) is 0 Å². The van der Waals surface area contributed by atoms with Crippen LogP contribution in [0.5, 0.6) is 0 Å². The van der Waals surface area contributed by atoms with E-state index < -0.39 is 0 Å². The lowest BCUT2D eigenvalue weighted by molar-refractivity contribution is 0.0125. The Balaban J connectivity index is 1.71. The zero-order valence-electron chi connectivity index (χ0n) is 8.19. The van der Waals surface area contributed by atoms with Crippen molar-refractivity contribution in [1.82, 2.24) is 4.98 Å². The number of aromatic nitrogens is 1. The lowest BCUT2D eigenvalue weighted by atomic mass is 9.94. The summed E-state index contributed by atoms with van der Waals surface area (Å²) in [7, 11) is 0. The Morgan fingerprint density at radius 1 is 1.43 bits per heavy atom. The fourth-order valence-corrected chi connectivity index (χ4v) is 2.31. The molecule has 0 atom stereocenters. The van der Waals surface area contributed by atoms with E-state index in [9.17, 15) is 0 Å². The minimum absolute atomic E-state index is 0.397. The van der Waals surface area contributed by atoms with Crippen LogP contribution in [-0.2, 0) is 11.3 Å². The van der Waals surface area contributed by atoms with Crippen molar-refractivity contribution in [3.05, 3.63) is 16.6 Å². The highest BCUT2D eigenvalue weighted by molar-refractivity contribution is 7.07. The van der Waals surface area contributed by atoms with Crippen molar-refractivity contribution < 1.29 is 4.74 Å². The number of ether oxygens (including phenoxy) is 1. The molecule has 0 amide bonds. The van der Waals surface area contributed by atoms with Gasteiger partial charge in [0.05, 0.1) is 23.9 Å². The number of hydrogen-bond acceptors (Lipinski definition) is 4. The van der Waals surface area contributed by atoms with Gasteiger partial charge in [0, 0.05) is 11.4 Å². The molecule has 0 unspecified atom stereocenters. The normalized spacial score (nSPS) is 27.8. The maximum atomic E-state index is 5.82. The lowest BCUT2D eigenvalue weighted by Gasteiger charge is -2.25. The molecule has 0 aromatic carbocycles. The molecule has 4 heteroatoms. The van der Waals surface area contributed by atoms with Crippen LogP contribution < -0.4 is 5.73 Å². The molecule has 1 aliphatic carbocycles. The standard InChI is InChI=1S/C10H16N2OS/c11-8-1-3-10(4-2-8)13-5-9-6-14-7-12-9/h6-8,10H,1-5,11H2. The molecule has 3 nitrogen and oxygen atoms in total. The SMILES string of the molecule is NC1CCC(OCc2cscn2)CC1. The molecule has 1 fully saturated rings. The highest BCUT2D eigenvalue weighted by Crippen LogP contribution is 2.20. The second kappa shape index (κ2) is 4.87. The summed E-state index contributed by atoms with van der Waals surface area (Å²) in [6.45, 7) is 0.656. The zero-order valence-corrected chi connectivity index (χ0v) is 9.00. The minimum atomic E-state index is 0.397. The van der Waals surface area contributed by atoms with Crippen LogP contribution in [0.1, 0.15) is 31.4 Å². The topological polar surface area (TPSA) is 48.1 Å². The average molecular weight is 212 g/mol. The van der Waals surface area contributed by atoms with Crippen molar-refractivity contribution in [2.45, 2.75) is 44.4 Å². The van der Waals surface area contributed by atoms with E-state index in [2.05, 4.69) is 4.98 Å². The number of thiazole rings is 1. The molecule has 0 saturated heterocycles. The second-order valence-corrected chi connectivity index (χ2v) is 4.55. The number of nitrogens with two attached hydrogens (primary N) is 1. The molecule has 2 N–H and O–H groups in total. The maximum absolute atomic E-state index is 5.82. The van der Waals surface area contributed by atoms with Gasteiger partial charge in [0.15, 0.2) is 0 Å². The molecule has 0 radical (unpaired) electrons. The Morgan fingerprint density at radius 2 is 2.21 bits per heavy atom. The van der Waals surface area contributed by atoms with Crippen molar-refractivity contribution in [1.29, 1.82) is 0 Å². The number of nitrogens with zero attached hydrogens (tertiary/aromatic N) is 1. The van der Waals surface area contributed by atoms with Crippen LogP contribution in [0.2, 0.25) is 0 Å². The van der Waals surface area contributed by atoms with Crippen molar-refractivity contribution in [2.24, 2.45) is 5.73 Å². The largest absolute Gasteiger partial charge is 0.372 e. The summed E-state index contributed by atoms with van der Waals surface area (Å²) in [4.78, 5) is 4.18. The molecule has 1 aromatic rings. The van der Waals surface area contributed by atoms with Crippen molar-refractivity contribution in [3.63, 3.8) is 0 Å². The molecule has 0 spiro atoms. The minimum Gasteiger partial charge on any atom is -0.372 e. The van der Waals surface area contributed by atoms with E-state index in [0.717, 1.165) is 31.4 Å². The Labute approximate surface area is 88.3 Å². The summed E-state index contributed by atoms with van der Waals surface area (Å²) in [5, 5.41) is 2.04. The van der Waals surface area contributed by atoms with Crippen LogP contribution in [0, 0.1) is 0 Å². The van der Waals surface area contributed by atoms with Gasteiger partial charge in [0.2, 0.25) is 0 Å². The van der Waals surface area contributed by atoms with E-state index in [1.54, 1.807) is 11.3 Å². The Bertz CT molecular complexity index is 255. The van der Waals surface area contributed by atoms with Gasteiger partial charge in [-0.2, -0.15) is 0 Å². The van der Waals surface area contributed by atoms with E-state index in [4.69, 9.17) is 10.5 Å². The molecule has 2 rings (SSSR count). The van der Waals surface area contributed by atoms with Crippen molar-refractivity contribution in [2.75, 3.05) is 0 Å². The van der Waals surface area contributed by atoms with Crippen LogP contribution >= 0.6 is 11.3 Å². The smallest absolute Gasteiger partial charge is 0.0900 e. The third-order valence-electron chi connectivity index (χ3n) is 2.67. The van der Waals surface area contributed by atoms with Gasteiger partial charge in [-0.1, -0.05) is 0 Å². The van der Waals surface area contributed by atoms with Gasteiger partial charge < -0.3 is 10.5 Å². The van der Waals surface area contributed by atoms with Crippen molar-refractivity contribution in [3.8, 4) is 0 Å². The third-order valence-corrected chi connectivity index (χ3v) is 3.30. The van der Waals surface area contributed by atoms with E-state index in [1.807, 2.05) is 10.9 Å². The van der Waals surface area contributed by atoms with Gasteiger partial charge in [-0.05, 0) is 25.7 Å². The first-order chi connectivity index (χ1) is 6.84. The second-order valence-electron chi connectivity index (χ2n) is 3.83. The Kier molecular flexibility index (Phi) is 3.50. The van der Waals surface area contributed by atoms with E-state index in [-0.39, 0.29) is 0 Å². The maximum Gasteiger partial charge on any atom is 0.0900 e. The molecule has 78 valence electrons. The molecule has 14 heavy (non-hydrogen) atoms. The molecule has 0 aliphatic heterocycles. The van der Waals surface area contributed by atoms with Crippen LogP contribution in [0.15, 0.2) is 10.9 Å². The first-order valence-electron chi connectivity index (χ1n) is 5.09. The summed E-state index contributed by atoms with van der Waals surface area (Å²) in [6, 6.07) is 0.397. The molecular formula is C10H16N2OS. The number of hydrogen-bond donors (Lipinski definition) is 1. The summed E-state index contributed by atoms with van der Waals surface area (Å²) in [5.74, 6) is 0. The predicted octanol–water partition coefficient (Wildman–Crippen LogP) is 1.93. The molecule has 1 heterocycles. The Morgan fingerprint density at radius 3 is 2.86 bits per heavy atom. The molecule has 1 aliphatic rings. The highest BCUT2D eigenvalue weighted by atomic mass is 32.1. The van der Waals surface area contributed by atoms with Crippen molar-refractivity contribution >= 4 is 11.3 Å². The van der Waals surface area contributed by atoms with Crippen LogP contribution in [-0.4, -0.2) is 17.1 Å². The monoisotopic (exact) mass is 212 g/mol. The van der Waals surface area contributed by atoms with E-state index in [1.165, 1.54) is 0 Å². The predicted molar refractivity (Wildman–Crippen MR) is 57.1 cm³/mol. The van der Waals surface area contributed by atoms with Crippen LogP contribution in [0.4, 0.5) is 0 Å². The van der Waals surface area contributed by atoms with E-state index in [0.29, 0.717) is 18.8 Å². The van der Waals surface area contributed by atoms with Gasteiger partial charge in [0.1, 0.15) is 0 Å². The average Bonchev–Trinajstić information content (AvgIpc) is 2.70. The van der Waals surface area contributed by atoms with Gasteiger partial charge >= 0.3 is 0 Å². The van der Waals surface area contributed by atoms with Crippen LogP contribution in [0.3, 0.4) is 0 Å². The first kappa shape index (κ1) is 10.1. The third kappa shape index (κ3) is 2.77. The summed E-state index contributed by atoms with van der Waals surface area (Å²) in [6.07, 6.45) is 4.80. The zero-order chi connectivity index (χ0) is 9.80. The lowest BCUT2D eigenvalue weighted by Crippen LogP contribution is -2.30. The fraction of sp³-hybridized carbons (Fsp3) is 0.700. The highest BCUT2D eigenvalue weighted by Gasteiger charge is 2.18. The van der Waals surface area contributed by atoms with Crippen LogP contribution in [0.25, 0.3) is 0 Å². The van der Waals surface area contributed by atoms with Gasteiger partial charge in [-0.15, -0.1) is 11.3 Å². The van der Waals surface area contributed by atoms with Gasteiger partial charge in [0.25, 0.3) is 0 Å². The molecule has 1 aromatic heterocycles. The molecular weight excluding hydrogens is 196 g/mol. The summed E-state index contributed by atoms with van der Waals surface area (Å²) < 4.78 is 5.76. The van der Waals surface area contributed by atoms with Gasteiger partial charge in [-0.25, -0.2) is 4.98 Å². The first-order valence-corrected chi connectivity index (χ1v) is 6.03. The fourth-order valence-electron chi connectivity index (χ4n) is 1.77. The Hall–Kier alpha value is -0.450. The summed E-state index contributed by atoms with van der Waals surface area (Å²) >= 11 is 1.62. The summed E-state index contributed by atoms with van der Waals surface area (Å²) in [5.41, 5.74) is 8.71. The van der Waals surface area contributed by atoms with E-state index >= 15 is 0 Å². The molecule has 1 saturated carbocycles.